The molecule has 13 heavy (non-hydrogen) atoms. The Bertz CT molecular complexity index is 181. The van der Waals surface area contributed by atoms with Gasteiger partial charge in [0.05, 0.1) is 0 Å². The predicted octanol–water partition coefficient (Wildman–Crippen LogP) is 0.994. The van der Waals surface area contributed by atoms with Crippen molar-refractivity contribution < 1.29 is 4.79 Å². The number of rotatable bonds is 1. The van der Waals surface area contributed by atoms with Crippen LogP contribution in [0, 0.1) is 0 Å². The number of likely N-dealkylation sites (tertiary alicyclic amines) is 1. The summed E-state index contributed by atoms with van der Waals surface area (Å²) in [7, 11) is 2.15. The van der Waals surface area contributed by atoms with E-state index in [0.717, 1.165) is 12.8 Å². The lowest BCUT2D eigenvalue weighted by molar-refractivity contribution is -0.120. The summed E-state index contributed by atoms with van der Waals surface area (Å²) in [6.45, 7) is 6.02. The van der Waals surface area contributed by atoms with E-state index in [1.165, 1.54) is 0 Å². The van der Waals surface area contributed by atoms with Gasteiger partial charge in [-0.25, -0.2) is 0 Å². The van der Waals surface area contributed by atoms with Crippen LogP contribution in [0.3, 0.4) is 0 Å². The van der Waals surface area contributed by atoms with Crippen LogP contribution in [0.5, 0.6) is 0 Å². The second kappa shape index (κ2) is 4.09. The lowest BCUT2D eigenvalue weighted by Crippen LogP contribution is -2.50. The molecule has 0 saturated carbocycles. The van der Waals surface area contributed by atoms with E-state index in [9.17, 15) is 4.79 Å². The van der Waals surface area contributed by atoms with Crippen LogP contribution in [0.4, 0.5) is 0 Å². The number of amides is 1. The van der Waals surface area contributed by atoms with E-state index in [-0.39, 0.29) is 5.91 Å². The minimum absolute atomic E-state index is 0.0916. The smallest absolute Gasteiger partial charge is 0.217 e. The molecule has 1 N–H and O–H groups in total. The minimum Gasteiger partial charge on any atom is -0.353 e. The van der Waals surface area contributed by atoms with E-state index in [2.05, 4.69) is 31.1 Å². The Morgan fingerprint density at radius 1 is 1.31 bits per heavy atom. The first kappa shape index (κ1) is 10.5. The molecule has 1 fully saturated rings. The fraction of sp³-hybridized carbons (Fsp3) is 0.900. The van der Waals surface area contributed by atoms with Crippen molar-refractivity contribution >= 4 is 5.91 Å². The van der Waals surface area contributed by atoms with E-state index in [4.69, 9.17) is 0 Å². The highest BCUT2D eigenvalue weighted by Crippen LogP contribution is 2.20. The highest BCUT2D eigenvalue weighted by atomic mass is 16.1. The van der Waals surface area contributed by atoms with Crippen LogP contribution in [0.1, 0.15) is 33.6 Å². The topological polar surface area (TPSA) is 32.3 Å². The second-order valence-corrected chi connectivity index (χ2v) is 4.23. The maximum Gasteiger partial charge on any atom is 0.217 e. The normalized spacial score (nSPS) is 35.8. The van der Waals surface area contributed by atoms with E-state index < -0.39 is 0 Å². The summed E-state index contributed by atoms with van der Waals surface area (Å²) < 4.78 is 0. The molecule has 76 valence electrons. The van der Waals surface area contributed by atoms with Gasteiger partial charge in [-0.05, 0) is 33.7 Å². The third-order valence-corrected chi connectivity index (χ3v) is 3.05. The van der Waals surface area contributed by atoms with Crippen LogP contribution in [0.15, 0.2) is 0 Å². The van der Waals surface area contributed by atoms with Crippen molar-refractivity contribution in [3.05, 3.63) is 0 Å². The minimum atomic E-state index is 0.0916. The van der Waals surface area contributed by atoms with Gasteiger partial charge < -0.3 is 10.2 Å². The summed E-state index contributed by atoms with van der Waals surface area (Å²) >= 11 is 0. The second-order valence-electron chi connectivity index (χ2n) is 4.23. The molecule has 0 aromatic rings. The highest BCUT2D eigenvalue weighted by molar-refractivity contribution is 5.73. The maximum atomic E-state index is 10.9. The molecule has 1 saturated heterocycles. The van der Waals surface area contributed by atoms with Gasteiger partial charge in [0, 0.05) is 25.0 Å². The number of carbonyl (C=O) groups is 1. The van der Waals surface area contributed by atoms with E-state index in [1.807, 2.05) is 0 Å². The van der Waals surface area contributed by atoms with Gasteiger partial charge in [-0.2, -0.15) is 0 Å². The molecule has 0 aliphatic carbocycles. The molecule has 0 aromatic carbocycles. The molecule has 2 atom stereocenters. The molecule has 0 aromatic heterocycles. The summed E-state index contributed by atoms with van der Waals surface area (Å²) in [4.78, 5) is 13.3. The summed E-state index contributed by atoms with van der Waals surface area (Å²) in [5.41, 5.74) is 0. The average Bonchev–Trinajstić information content (AvgIpc) is 1.98. The van der Waals surface area contributed by atoms with E-state index in [0.29, 0.717) is 18.1 Å². The van der Waals surface area contributed by atoms with Gasteiger partial charge in [0.15, 0.2) is 0 Å². The Morgan fingerprint density at radius 2 is 1.77 bits per heavy atom. The first-order chi connectivity index (χ1) is 6.00. The zero-order valence-electron chi connectivity index (χ0n) is 9.00. The van der Waals surface area contributed by atoms with Crippen LogP contribution < -0.4 is 5.32 Å². The molecule has 3 nitrogen and oxygen atoms in total. The summed E-state index contributed by atoms with van der Waals surface area (Å²) in [6, 6.07) is 1.51. The lowest BCUT2D eigenvalue weighted by Gasteiger charge is -2.40. The molecule has 3 heteroatoms. The van der Waals surface area contributed by atoms with Crippen molar-refractivity contribution in [2.75, 3.05) is 7.05 Å². The van der Waals surface area contributed by atoms with Crippen molar-refractivity contribution in [3.8, 4) is 0 Å². The summed E-state index contributed by atoms with van der Waals surface area (Å²) in [5.74, 6) is 0.0916. The van der Waals surface area contributed by atoms with Crippen LogP contribution in [-0.2, 0) is 4.79 Å². The van der Waals surface area contributed by atoms with Gasteiger partial charge in [0.25, 0.3) is 0 Å². The largest absolute Gasteiger partial charge is 0.353 e. The van der Waals surface area contributed by atoms with Gasteiger partial charge >= 0.3 is 0 Å². The van der Waals surface area contributed by atoms with Crippen LogP contribution in [0.25, 0.3) is 0 Å². The maximum absolute atomic E-state index is 10.9. The molecule has 0 spiro atoms. The Labute approximate surface area is 80.5 Å². The van der Waals surface area contributed by atoms with Crippen molar-refractivity contribution in [1.29, 1.82) is 0 Å². The number of hydrogen-bond acceptors (Lipinski definition) is 2. The zero-order valence-corrected chi connectivity index (χ0v) is 9.00. The Kier molecular flexibility index (Phi) is 3.31. The number of nitrogens with one attached hydrogen (secondary N) is 1. The monoisotopic (exact) mass is 184 g/mol. The van der Waals surface area contributed by atoms with Crippen molar-refractivity contribution in [2.45, 2.75) is 51.7 Å². The molecule has 0 bridgehead atoms. The van der Waals surface area contributed by atoms with Gasteiger partial charge in [-0.1, -0.05) is 0 Å². The van der Waals surface area contributed by atoms with Gasteiger partial charge in [-0.3, -0.25) is 4.79 Å². The molecule has 2 unspecified atom stereocenters. The standard InChI is InChI=1S/C10H20N2O/c1-7-5-10(11-9(3)13)6-8(2)12(7)4/h7-8,10H,5-6H2,1-4H3,(H,11,13). The lowest BCUT2D eigenvalue weighted by atomic mass is 9.93. The summed E-state index contributed by atoms with van der Waals surface area (Å²) in [5, 5.41) is 3.00. The number of carbonyl (C=O) groups excluding carboxylic acids is 1. The molecule has 1 heterocycles. The van der Waals surface area contributed by atoms with Crippen molar-refractivity contribution in [3.63, 3.8) is 0 Å². The third kappa shape index (κ3) is 2.69. The zero-order chi connectivity index (χ0) is 10.0. The number of hydrogen-bond donors (Lipinski definition) is 1. The fourth-order valence-electron chi connectivity index (χ4n) is 2.09. The fourth-order valence-corrected chi connectivity index (χ4v) is 2.09. The number of piperidine rings is 1. The SMILES string of the molecule is CC(=O)NC1CC(C)N(C)C(C)C1. The highest BCUT2D eigenvalue weighted by Gasteiger charge is 2.28. The molecular weight excluding hydrogens is 164 g/mol. The molecule has 1 aliphatic heterocycles. The Morgan fingerprint density at radius 3 is 2.15 bits per heavy atom. The van der Waals surface area contributed by atoms with Crippen LogP contribution in [0.2, 0.25) is 0 Å². The molecule has 1 amide bonds. The predicted molar refractivity (Wildman–Crippen MR) is 53.5 cm³/mol. The molecule has 0 radical (unpaired) electrons. The van der Waals surface area contributed by atoms with Gasteiger partial charge in [0.1, 0.15) is 0 Å². The average molecular weight is 184 g/mol. The number of nitrogens with zero attached hydrogens (tertiary/aromatic N) is 1. The van der Waals surface area contributed by atoms with E-state index in [1.54, 1.807) is 6.92 Å². The van der Waals surface area contributed by atoms with Crippen molar-refractivity contribution in [2.24, 2.45) is 0 Å². The van der Waals surface area contributed by atoms with Gasteiger partial charge in [-0.15, -0.1) is 0 Å². The molecule has 1 rings (SSSR count). The Hall–Kier alpha value is -0.570. The first-order valence-electron chi connectivity index (χ1n) is 4.99. The van der Waals surface area contributed by atoms with Gasteiger partial charge in [0.2, 0.25) is 5.91 Å². The first-order valence-corrected chi connectivity index (χ1v) is 4.99. The molecule has 1 aliphatic rings. The Balaban J connectivity index is 2.48. The van der Waals surface area contributed by atoms with Crippen LogP contribution in [-0.4, -0.2) is 36.0 Å². The quantitative estimate of drug-likeness (QED) is 0.659. The van der Waals surface area contributed by atoms with Crippen molar-refractivity contribution in [1.82, 2.24) is 10.2 Å². The summed E-state index contributed by atoms with van der Waals surface area (Å²) in [6.07, 6.45) is 2.14. The third-order valence-electron chi connectivity index (χ3n) is 3.05. The molecular formula is C10H20N2O. The van der Waals surface area contributed by atoms with Crippen LogP contribution >= 0.6 is 0 Å². The van der Waals surface area contributed by atoms with E-state index >= 15 is 0 Å².